The van der Waals surface area contributed by atoms with Crippen LogP contribution in [0.4, 0.5) is 0 Å². The van der Waals surface area contributed by atoms with Crippen LogP contribution in [-0.2, 0) is 9.53 Å². The van der Waals surface area contributed by atoms with Crippen LogP contribution in [-0.4, -0.2) is 48.6 Å². The van der Waals surface area contributed by atoms with Crippen molar-refractivity contribution in [3.8, 4) is 0 Å². The predicted octanol–water partition coefficient (Wildman–Crippen LogP) is 2.63. The van der Waals surface area contributed by atoms with Crippen molar-refractivity contribution >= 4 is 5.91 Å². The van der Waals surface area contributed by atoms with E-state index in [0.29, 0.717) is 6.42 Å². The Labute approximate surface area is 155 Å². The maximum Gasteiger partial charge on any atom is 0.222 e. The van der Waals surface area contributed by atoms with Gasteiger partial charge in [0.05, 0.1) is 19.3 Å². The lowest BCUT2D eigenvalue weighted by Gasteiger charge is -2.27. The number of nitrogens with zero attached hydrogens (tertiary/aromatic N) is 2. The number of aromatic nitrogens is 1. The number of pyridine rings is 1. The molecule has 1 amide bonds. The molecule has 0 spiro atoms. The van der Waals surface area contributed by atoms with E-state index >= 15 is 0 Å². The van der Waals surface area contributed by atoms with Gasteiger partial charge in [0.15, 0.2) is 0 Å². The second-order valence-corrected chi connectivity index (χ2v) is 6.85. The third-order valence-electron chi connectivity index (χ3n) is 4.82. The lowest BCUT2D eigenvalue weighted by Crippen LogP contribution is -2.39. The molecule has 5 nitrogen and oxygen atoms in total. The summed E-state index contributed by atoms with van der Waals surface area (Å²) in [5.41, 5.74) is 4.50. The minimum absolute atomic E-state index is 0.0605. The van der Waals surface area contributed by atoms with Crippen LogP contribution in [0, 0.1) is 13.8 Å². The summed E-state index contributed by atoms with van der Waals surface area (Å²) in [4.78, 5) is 19.1. The van der Waals surface area contributed by atoms with Gasteiger partial charge < -0.3 is 10.1 Å². The molecule has 0 saturated carbocycles. The maximum absolute atomic E-state index is 12.6. The quantitative estimate of drug-likeness (QED) is 0.867. The predicted molar refractivity (Wildman–Crippen MR) is 102 cm³/mol. The van der Waals surface area contributed by atoms with E-state index in [0.717, 1.165) is 44.0 Å². The molecular weight excluding hydrogens is 326 g/mol. The second kappa shape index (κ2) is 8.92. The molecule has 1 saturated heterocycles. The van der Waals surface area contributed by atoms with Gasteiger partial charge in [-0.3, -0.25) is 14.7 Å². The first-order valence-corrected chi connectivity index (χ1v) is 9.20. The summed E-state index contributed by atoms with van der Waals surface area (Å²) in [7, 11) is 0. The monoisotopic (exact) mass is 353 g/mol. The number of aryl methyl sites for hydroxylation is 2. The summed E-state index contributed by atoms with van der Waals surface area (Å²) < 4.78 is 5.36. The normalized spacial score (nSPS) is 16.2. The molecule has 5 heteroatoms. The van der Waals surface area contributed by atoms with Gasteiger partial charge in [-0.2, -0.15) is 0 Å². The third kappa shape index (κ3) is 4.90. The molecular formula is C21H27N3O2. The number of carbonyl (C=O) groups is 1. The SMILES string of the molecule is Cc1ccc([C@@H](NC(=O)CCN2CCOCC2)c2cccnc2)c(C)c1. The summed E-state index contributed by atoms with van der Waals surface area (Å²) in [6.07, 6.45) is 4.07. The Hall–Kier alpha value is -2.24. The van der Waals surface area contributed by atoms with E-state index in [1.807, 2.05) is 18.3 Å². The number of hydrogen-bond donors (Lipinski definition) is 1. The van der Waals surface area contributed by atoms with Gasteiger partial charge in [-0.1, -0.05) is 29.8 Å². The molecule has 1 atom stereocenters. The second-order valence-electron chi connectivity index (χ2n) is 6.85. The topological polar surface area (TPSA) is 54.5 Å². The van der Waals surface area contributed by atoms with Gasteiger partial charge in [0.1, 0.15) is 0 Å². The molecule has 26 heavy (non-hydrogen) atoms. The van der Waals surface area contributed by atoms with Crippen molar-refractivity contribution in [1.82, 2.24) is 15.2 Å². The van der Waals surface area contributed by atoms with Crippen LogP contribution in [0.5, 0.6) is 0 Å². The van der Waals surface area contributed by atoms with Crippen molar-refractivity contribution in [1.29, 1.82) is 0 Å². The zero-order valence-corrected chi connectivity index (χ0v) is 15.6. The van der Waals surface area contributed by atoms with Crippen molar-refractivity contribution in [3.63, 3.8) is 0 Å². The van der Waals surface area contributed by atoms with E-state index < -0.39 is 0 Å². The Morgan fingerprint density at radius 2 is 2.08 bits per heavy atom. The summed E-state index contributed by atoms with van der Waals surface area (Å²) in [5.74, 6) is 0.0605. The number of ether oxygens (including phenoxy) is 1. The Bertz CT molecular complexity index is 727. The summed E-state index contributed by atoms with van der Waals surface area (Å²) in [6.45, 7) is 8.24. The summed E-state index contributed by atoms with van der Waals surface area (Å²) in [6, 6.07) is 10.1. The molecule has 2 heterocycles. The molecule has 1 aromatic heterocycles. The number of benzene rings is 1. The number of hydrogen-bond acceptors (Lipinski definition) is 4. The van der Waals surface area contributed by atoms with E-state index in [9.17, 15) is 4.79 Å². The Kier molecular flexibility index (Phi) is 6.36. The zero-order valence-electron chi connectivity index (χ0n) is 15.6. The molecule has 0 unspecified atom stereocenters. The summed E-state index contributed by atoms with van der Waals surface area (Å²) >= 11 is 0. The summed E-state index contributed by atoms with van der Waals surface area (Å²) in [5, 5.41) is 3.21. The molecule has 1 aliphatic rings. The number of carbonyl (C=O) groups excluding carboxylic acids is 1. The first kappa shape index (κ1) is 18.5. The van der Waals surface area contributed by atoms with Gasteiger partial charge in [0.25, 0.3) is 0 Å². The fourth-order valence-electron chi connectivity index (χ4n) is 3.35. The number of amides is 1. The molecule has 2 aromatic rings. The van der Waals surface area contributed by atoms with Crippen LogP contribution in [0.3, 0.4) is 0 Å². The highest BCUT2D eigenvalue weighted by atomic mass is 16.5. The van der Waals surface area contributed by atoms with Crippen LogP contribution in [0.15, 0.2) is 42.7 Å². The fraction of sp³-hybridized carbons (Fsp3) is 0.429. The van der Waals surface area contributed by atoms with E-state index in [1.54, 1.807) is 6.20 Å². The van der Waals surface area contributed by atoms with Gasteiger partial charge in [0, 0.05) is 38.4 Å². The molecule has 0 bridgehead atoms. The first-order chi connectivity index (χ1) is 12.6. The average Bonchev–Trinajstić information content (AvgIpc) is 2.66. The average molecular weight is 353 g/mol. The third-order valence-corrected chi connectivity index (χ3v) is 4.82. The van der Waals surface area contributed by atoms with Crippen molar-refractivity contribution < 1.29 is 9.53 Å². The fourth-order valence-corrected chi connectivity index (χ4v) is 3.35. The maximum atomic E-state index is 12.6. The van der Waals surface area contributed by atoms with Crippen molar-refractivity contribution in [2.24, 2.45) is 0 Å². The minimum Gasteiger partial charge on any atom is -0.379 e. The van der Waals surface area contributed by atoms with Crippen LogP contribution in [0.25, 0.3) is 0 Å². The van der Waals surface area contributed by atoms with E-state index in [1.165, 1.54) is 11.1 Å². The van der Waals surface area contributed by atoms with Gasteiger partial charge in [-0.15, -0.1) is 0 Å². The van der Waals surface area contributed by atoms with Gasteiger partial charge >= 0.3 is 0 Å². The largest absolute Gasteiger partial charge is 0.379 e. The van der Waals surface area contributed by atoms with Crippen LogP contribution in [0.2, 0.25) is 0 Å². The molecule has 0 radical (unpaired) electrons. The Balaban J connectivity index is 1.72. The molecule has 1 aromatic carbocycles. The van der Waals surface area contributed by atoms with E-state index in [2.05, 4.69) is 47.2 Å². The minimum atomic E-state index is -0.179. The number of nitrogens with one attached hydrogen (secondary N) is 1. The van der Waals surface area contributed by atoms with Gasteiger partial charge in [-0.25, -0.2) is 0 Å². The smallest absolute Gasteiger partial charge is 0.222 e. The van der Waals surface area contributed by atoms with Crippen molar-refractivity contribution in [2.45, 2.75) is 26.3 Å². The molecule has 1 fully saturated rings. The van der Waals surface area contributed by atoms with Gasteiger partial charge in [0.2, 0.25) is 5.91 Å². The zero-order chi connectivity index (χ0) is 18.4. The Morgan fingerprint density at radius 1 is 1.27 bits per heavy atom. The van der Waals surface area contributed by atoms with E-state index in [-0.39, 0.29) is 11.9 Å². The van der Waals surface area contributed by atoms with Crippen LogP contribution >= 0.6 is 0 Å². The molecule has 1 N–H and O–H groups in total. The highest BCUT2D eigenvalue weighted by Gasteiger charge is 2.20. The van der Waals surface area contributed by atoms with Crippen molar-refractivity contribution in [3.05, 3.63) is 65.0 Å². The van der Waals surface area contributed by atoms with E-state index in [4.69, 9.17) is 4.74 Å². The lowest BCUT2D eigenvalue weighted by atomic mass is 9.94. The Morgan fingerprint density at radius 3 is 2.77 bits per heavy atom. The molecule has 3 rings (SSSR count). The molecule has 0 aliphatic carbocycles. The van der Waals surface area contributed by atoms with Crippen molar-refractivity contribution in [2.75, 3.05) is 32.8 Å². The number of rotatable bonds is 6. The highest BCUT2D eigenvalue weighted by Crippen LogP contribution is 2.25. The lowest BCUT2D eigenvalue weighted by molar-refractivity contribution is -0.122. The molecule has 138 valence electrons. The van der Waals surface area contributed by atoms with Crippen LogP contribution in [0.1, 0.15) is 34.7 Å². The molecule has 1 aliphatic heterocycles. The highest BCUT2D eigenvalue weighted by molar-refractivity contribution is 5.77. The van der Waals surface area contributed by atoms with Gasteiger partial charge in [-0.05, 0) is 36.6 Å². The first-order valence-electron chi connectivity index (χ1n) is 9.20. The standard InChI is InChI=1S/C21H27N3O2/c1-16-5-6-19(17(2)14-16)21(18-4-3-8-22-15-18)23-20(25)7-9-24-10-12-26-13-11-24/h3-6,8,14-15,21H,7,9-13H2,1-2H3,(H,23,25)/t21-/m0/s1. The number of morpholine rings is 1. The van der Waals surface area contributed by atoms with Crippen LogP contribution < -0.4 is 5.32 Å².